The molecule has 0 aliphatic carbocycles. The molecule has 28 heavy (non-hydrogen) atoms. The van der Waals surface area contributed by atoms with Crippen LogP contribution in [0.4, 0.5) is 0 Å². The highest BCUT2D eigenvalue weighted by atomic mass is 32.2. The summed E-state index contributed by atoms with van der Waals surface area (Å²) in [6, 6.07) is 4.72. The van der Waals surface area contributed by atoms with Crippen LogP contribution in [0.5, 0.6) is 0 Å². The van der Waals surface area contributed by atoms with Crippen LogP contribution in [0.3, 0.4) is 0 Å². The molecule has 2 aromatic rings. The fraction of sp³-hybridized carbons (Fsp3) is 0.474. The molecule has 1 fully saturated rings. The summed E-state index contributed by atoms with van der Waals surface area (Å²) in [5, 5.41) is 0.705. The van der Waals surface area contributed by atoms with E-state index in [9.17, 15) is 14.4 Å². The highest BCUT2D eigenvalue weighted by Gasteiger charge is 2.31. The summed E-state index contributed by atoms with van der Waals surface area (Å²) in [4.78, 5) is 45.5. The van der Waals surface area contributed by atoms with Crippen LogP contribution >= 0.6 is 11.8 Å². The average molecular weight is 402 g/mol. The molecule has 2 aromatic heterocycles. The lowest BCUT2D eigenvalue weighted by Crippen LogP contribution is -2.51. The molecule has 1 unspecified atom stereocenters. The van der Waals surface area contributed by atoms with Crippen LogP contribution in [0, 0.1) is 0 Å². The molecule has 4 heterocycles. The molecule has 9 heteroatoms. The Balaban J connectivity index is 1.36. The highest BCUT2D eigenvalue weighted by Crippen LogP contribution is 2.32. The topological polar surface area (TPSA) is 88.7 Å². The third kappa shape index (κ3) is 3.58. The van der Waals surface area contributed by atoms with Gasteiger partial charge in [0.05, 0.1) is 12.3 Å². The van der Waals surface area contributed by atoms with Gasteiger partial charge in [-0.25, -0.2) is 4.98 Å². The molecule has 8 nitrogen and oxygen atoms in total. The van der Waals surface area contributed by atoms with Gasteiger partial charge >= 0.3 is 0 Å². The number of thioether (sulfide) groups is 1. The number of nitrogens with zero attached hydrogens (tertiary/aromatic N) is 4. The lowest BCUT2D eigenvalue weighted by molar-refractivity contribution is -0.133. The molecule has 2 aliphatic heterocycles. The van der Waals surface area contributed by atoms with E-state index in [1.54, 1.807) is 32.6 Å². The molecule has 2 amide bonds. The van der Waals surface area contributed by atoms with Crippen LogP contribution in [0.15, 0.2) is 38.8 Å². The largest absolute Gasteiger partial charge is 0.459 e. The van der Waals surface area contributed by atoms with Crippen molar-refractivity contribution in [3.63, 3.8) is 0 Å². The van der Waals surface area contributed by atoms with E-state index in [1.807, 2.05) is 6.92 Å². The van der Waals surface area contributed by atoms with E-state index in [-0.39, 0.29) is 29.8 Å². The lowest BCUT2D eigenvalue weighted by atomic mass is 10.2. The summed E-state index contributed by atoms with van der Waals surface area (Å²) >= 11 is 1.53. The SMILES string of the molecule is CCc1cc(=O)n2c(n1)SCC2CC(=O)N1CCN(C(=O)c2ccco2)CC1. The summed E-state index contributed by atoms with van der Waals surface area (Å²) in [7, 11) is 0. The van der Waals surface area contributed by atoms with Gasteiger partial charge in [-0.1, -0.05) is 18.7 Å². The molecule has 0 radical (unpaired) electrons. The average Bonchev–Trinajstić information content (AvgIpc) is 3.38. The van der Waals surface area contributed by atoms with Gasteiger partial charge in [-0.05, 0) is 18.6 Å². The maximum absolute atomic E-state index is 12.8. The second-order valence-electron chi connectivity index (χ2n) is 6.91. The predicted octanol–water partition coefficient (Wildman–Crippen LogP) is 1.42. The molecule has 0 aromatic carbocycles. The molecule has 0 bridgehead atoms. The quantitative estimate of drug-likeness (QED) is 0.719. The van der Waals surface area contributed by atoms with Crippen LogP contribution in [-0.4, -0.2) is 63.1 Å². The predicted molar refractivity (Wildman–Crippen MR) is 103 cm³/mol. The second-order valence-corrected chi connectivity index (χ2v) is 7.90. The number of rotatable bonds is 4. The van der Waals surface area contributed by atoms with Crippen molar-refractivity contribution in [1.29, 1.82) is 0 Å². The standard InChI is InChI=1S/C19H22N4O4S/c1-2-13-10-17(25)23-14(12-28-19(23)20-13)11-16(24)21-5-7-22(8-6-21)18(26)15-4-3-9-27-15/h3-4,9-10,14H,2,5-8,11-12H2,1H3. The zero-order valence-electron chi connectivity index (χ0n) is 15.7. The maximum Gasteiger partial charge on any atom is 0.289 e. The first-order chi connectivity index (χ1) is 13.6. The van der Waals surface area contributed by atoms with Gasteiger partial charge in [-0.15, -0.1) is 0 Å². The number of aryl methyl sites for hydroxylation is 1. The van der Waals surface area contributed by atoms with Gasteiger partial charge in [0.15, 0.2) is 10.9 Å². The first-order valence-corrected chi connectivity index (χ1v) is 10.4. The fourth-order valence-corrected chi connectivity index (χ4v) is 4.74. The molecule has 2 aliphatic rings. The lowest BCUT2D eigenvalue weighted by Gasteiger charge is -2.34. The van der Waals surface area contributed by atoms with Gasteiger partial charge in [-0.3, -0.25) is 19.0 Å². The molecule has 0 saturated carbocycles. The molecular formula is C19H22N4O4S. The highest BCUT2D eigenvalue weighted by molar-refractivity contribution is 7.99. The van der Waals surface area contributed by atoms with Gasteiger partial charge < -0.3 is 14.2 Å². The molecule has 1 saturated heterocycles. The Labute approximate surface area is 166 Å². The Morgan fingerprint density at radius 2 is 2.00 bits per heavy atom. The third-order valence-electron chi connectivity index (χ3n) is 5.17. The molecule has 1 atom stereocenters. The van der Waals surface area contributed by atoms with Crippen LogP contribution < -0.4 is 5.56 Å². The number of carbonyl (C=O) groups is 2. The first-order valence-electron chi connectivity index (χ1n) is 9.42. The van der Waals surface area contributed by atoms with Crippen LogP contribution in [0.1, 0.15) is 35.6 Å². The summed E-state index contributed by atoms with van der Waals surface area (Å²) in [6.07, 6.45) is 2.47. The Morgan fingerprint density at radius 3 is 2.68 bits per heavy atom. The molecule has 0 spiro atoms. The van der Waals surface area contributed by atoms with Crippen molar-refractivity contribution in [2.45, 2.75) is 31.0 Å². The number of hydrogen-bond donors (Lipinski definition) is 0. The number of amides is 2. The number of fused-ring (bicyclic) bond motifs is 1. The van der Waals surface area contributed by atoms with Crippen LogP contribution in [0.25, 0.3) is 0 Å². The second kappa shape index (κ2) is 7.83. The fourth-order valence-electron chi connectivity index (χ4n) is 3.58. The van der Waals surface area contributed by atoms with Crippen molar-refractivity contribution in [2.24, 2.45) is 0 Å². The number of piperazine rings is 1. The summed E-state index contributed by atoms with van der Waals surface area (Å²) < 4.78 is 6.81. The minimum atomic E-state index is -0.166. The zero-order valence-corrected chi connectivity index (χ0v) is 16.5. The normalized spacial score (nSPS) is 19.0. The van der Waals surface area contributed by atoms with Crippen molar-refractivity contribution in [3.8, 4) is 0 Å². The Bertz CT molecular complexity index is 932. The Hall–Kier alpha value is -2.55. The minimum Gasteiger partial charge on any atom is -0.459 e. The van der Waals surface area contributed by atoms with E-state index < -0.39 is 0 Å². The van der Waals surface area contributed by atoms with Gasteiger partial charge in [0.25, 0.3) is 11.5 Å². The zero-order chi connectivity index (χ0) is 19.7. The van der Waals surface area contributed by atoms with Gasteiger partial charge in [-0.2, -0.15) is 0 Å². The maximum atomic E-state index is 12.8. The Morgan fingerprint density at radius 1 is 1.25 bits per heavy atom. The van der Waals surface area contributed by atoms with E-state index in [1.165, 1.54) is 18.0 Å². The van der Waals surface area contributed by atoms with Crippen LogP contribution in [-0.2, 0) is 11.2 Å². The summed E-state index contributed by atoms with van der Waals surface area (Å²) in [5.41, 5.74) is 0.701. The van der Waals surface area contributed by atoms with Crippen LogP contribution in [0.2, 0.25) is 0 Å². The van der Waals surface area contributed by atoms with Crippen molar-refractivity contribution >= 4 is 23.6 Å². The van der Waals surface area contributed by atoms with E-state index in [0.29, 0.717) is 49.3 Å². The molecule has 148 valence electrons. The van der Waals surface area contributed by atoms with Gasteiger partial charge in [0, 0.05) is 50.1 Å². The van der Waals surface area contributed by atoms with Crippen molar-refractivity contribution in [2.75, 3.05) is 31.9 Å². The number of carbonyl (C=O) groups excluding carboxylic acids is 2. The van der Waals surface area contributed by atoms with Crippen molar-refractivity contribution < 1.29 is 14.0 Å². The number of furan rings is 1. The minimum absolute atomic E-state index is 0.00927. The van der Waals surface area contributed by atoms with E-state index >= 15 is 0 Å². The molecule has 4 rings (SSSR count). The van der Waals surface area contributed by atoms with Crippen molar-refractivity contribution in [3.05, 3.63) is 46.3 Å². The Kier molecular flexibility index (Phi) is 5.25. The van der Waals surface area contributed by atoms with Crippen molar-refractivity contribution in [1.82, 2.24) is 19.4 Å². The van der Waals surface area contributed by atoms with E-state index in [2.05, 4.69) is 4.98 Å². The van der Waals surface area contributed by atoms with Gasteiger partial charge in [0.1, 0.15) is 0 Å². The molecule has 0 N–H and O–H groups in total. The van der Waals surface area contributed by atoms with Gasteiger partial charge in [0.2, 0.25) is 5.91 Å². The summed E-state index contributed by atoms with van der Waals surface area (Å²) in [6.45, 7) is 3.89. The monoisotopic (exact) mass is 402 g/mol. The smallest absolute Gasteiger partial charge is 0.289 e. The number of aromatic nitrogens is 2. The van der Waals surface area contributed by atoms with E-state index in [0.717, 1.165) is 5.69 Å². The first kappa shape index (κ1) is 18.8. The van der Waals surface area contributed by atoms with E-state index in [4.69, 9.17) is 4.42 Å². The molecular weight excluding hydrogens is 380 g/mol. The number of hydrogen-bond acceptors (Lipinski definition) is 6. The third-order valence-corrected chi connectivity index (χ3v) is 6.26. The summed E-state index contributed by atoms with van der Waals surface area (Å²) in [5.74, 6) is 0.855.